The Balaban J connectivity index is 1.65. The van der Waals surface area contributed by atoms with Crippen LogP contribution in [-0.4, -0.2) is 28.3 Å². The normalized spacial score (nSPS) is 11.1. The number of pyridine rings is 1. The van der Waals surface area contributed by atoms with E-state index in [1.54, 1.807) is 12.3 Å². The van der Waals surface area contributed by atoms with Gasteiger partial charge in [0.25, 0.3) is 5.91 Å². The number of carboxylic acid groups (broad SMARTS) is 1. The van der Waals surface area contributed by atoms with Crippen LogP contribution in [0.1, 0.15) is 20.7 Å². The van der Waals surface area contributed by atoms with E-state index in [1.165, 1.54) is 42.6 Å². The summed E-state index contributed by atoms with van der Waals surface area (Å²) in [4.78, 5) is 28.8. The number of benzene rings is 3. The van der Waals surface area contributed by atoms with Crippen LogP contribution in [0.5, 0.6) is 5.75 Å². The summed E-state index contributed by atoms with van der Waals surface area (Å²) in [7, 11) is 0. The number of amides is 1. The van der Waals surface area contributed by atoms with E-state index in [2.05, 4.69) is 15.0 Å². The molecule has 0 aliphatic carbocycles. The maximum Gasteiger partial charge on any atom is 0.573 e. The molecule has 6 nitrogen and oxygen atoms in total. The van der Waals surface area contributed by atoms with Crippen LogP contribution < -0.4 is 10.1 Å². The third kappa shape index (κ3) is 5.83. The number of hydrogen-bond acceptors (Lipinski definition) is 4. The van der Waals surface area contributed by atoms with Crippen LogP contribution in [0.4, 0.5) is 18.9 Å². The summed E-state index contributed by atoms with van der Waals surface area (Å²) in [6.45, 7) is 0. The predicted molar refractivity (Wildman–Crippen MR) is 123 cm³/mol. The van der Waals surface area contributed by atoms with Gasteiger partial charge in [-0.05, 0) is 47.0 Å². The molecule has 0 bridgehead atoms. The van der Waals surface area contributed by atoms with E-state index in [0.29, 0.717) is 16.7 Å². The first-order valence-corrected chi connectivity index (χ1v) is 10.2. The fourth-order valence-electron chi connectivity index (χ4n) is 3.43. The molecule has 2 N–H and O–H groups in total. The number of rotatable bonds is 6. The second-order valence-corrected chi connectivity index (χ2v) is 7.42. The number of halogens is 3. The number of nitrogens with one attached hydrogen (secondary N) is 1. The van der Waals surface area contributed by atoms with Gasteiger partial charge in [0.15, 0.2) is 0 Å². The molecule has 0 aliphatic rings. The zero-order valence-corrected chi connectivity index (χ0v) is 17.9. The maximum atomic E-state index is 12.9. The zero-order valence-electron chi connectivity index (χ0n) is 17.9. The van der Waals surface area contributed by atoms with Gasteiger partial charge in [-0.1, -0.05) is 48.5 Å². The first kappa shape index (κ1) is 23.5. The van der Waals surface area contributed by atoms with Crippen molar-refractivity contribution in [1.82, 2.24) is 4.98 Å². The molecule has 0 aliphatic heterocycles. The van der Waals surface area contributed by atoms with Crippen LogP contribution in [0.15, 0.2) is 91.3 Å². The molecule has 0 saturated carbocycles. The number of carbonyl (C=O) groups is 2. The number of hydrogen-bond donors (Lipinski definition) is 2. The second-order valence-electron chi connectivity index (χ2n) is 7.42. The molecule has 1 heterocycles. The molecule has 0 fully saturated rings. The highest BCUT2D eigenvalue weighted by molar-refractivity contribution is 6.08. The number of carboxylic acids is 1. The molecule has 0 atom stereocenters. The number of carbonyl (C=O) groups excluding carboxylic acids is 1. The highest BCUT2D eigenvalue weighted by atomic mass is 19.4. The van der Waals surface area contributed by atoms with Crippen LogP contribution in [0.25, 0.3) is 22.3 Å². The molecule has 1 aromatic heterocycles. The van der Waals surface area contributed by atoms with Crippen LogP contribution >= 0.6 is 0 Å². The number of aromatic carboxylic acids is 1. The van der Waals surface area contributed by atoms with Gasteiger partial charge in [0.2, 0.25) is 0 Å². The van der Waals surface area contributed by atoms with E-state index in [1.807, 2.05) is 30.3 Å². The number of alkyl halides is 3. The third-order valence-corrected chi connectivity index (χ3v) is 5.01. The molecular formula is C26H17F3N2O4. The van der Waals surface area contributed by atoms with Crippen molar-refractivity contribution in [2.45, 2.75) is 6.36 Å². The molecule has 4 aromatic rings. The Morgan fingerprint density at radius 1 is 0.800 bits per heavy atom. The summed E-state index contributed by atoms with van der Waals surface area (Å²) in [5.41, 5.74) is 2.27. The summed E-state index contributed by atoms with van der Waals surface area (Å²) in [6.07, 6.45) is -1.90. The topological polar surface area (TPSA) is 88.5 Å². The van der Waals surface area contributed by atoms with E-state index in [0.717, 1.165) is 11.6 Å². The van der Waals surface area contributed by atoms with Gasteiger partial charge in [-0.15, -0.1) is 13.2 Å². The Bertz CT molecular complexity index is 1390. The Morgan fingerprint density at radius 2 is 1.51 bits per heavy atom. The van der Waals surface area contributed by atoms with Crippen molar-refractivity contribution in [1.29, 1.82) is 0 Å². The highest BCUT2D eigenvalue weighted by Crippen LogP contribution is 2.31. The van der Waals surface area contributed by atoms with Crippen molar-refractivity contribution in [2.24, 2.45) is 0 Å². The van der Waals surface area contributed by atoms with Gasteiger partial charge >= 0.3 is 12.3 Å². The van der Waals surface area contributed by atoms with Crippen molar-refractivity contribution in [3.8, 4) is 28.0 Å². The van der Waals surface area contributed by atoms with Crippen molar-refractivity contribution in [2.75, 3.05) is 5.32 Å². The third-order valence-electron chi connectivity index (χ3n) is 5.01. The standard InChI is InChI=1S/C26H17F3N2O4/c27-26(28,29)35-21-8-4-7-17(12-21)18-9-10-22(25(33)34)23(13-18)31-24(32)20-11-19(14-30-15-20)16-5-2-1-3-6-16/h1-15H,(H,31,32)(H,33,34). The average Bonchev–Trinajstić information content (AvgIpc) is 2.83. The molecule has 1 amide bonds. The van der Waals surface area contributed by atoms with Gasteiger partial charge in [-0.2, -0.15) is 0 Å². The van der Waals surface area contributed by atoms with E-state index < -0.39 is 24.0 Å². The Morgan fingerprint density at radius 3 is 2.23 bits per heavy atom. The quantitative estimate of drug-likeness (QED) is 0.341. The lowest BCUT2D eigenvalue weighted by atomic mass is 10.0. The van der Waals surface area contributed by atoms with Crippen molar-refractivity contribution in [3.63, 3.8) is 0 Å². The molecular weight excluding hydrogens is 461 g/mol. The zero-order chi connectivity index (χ0) is 25.0. The minimum atomic E-state index is -4.85. The first-order valence-electron chi connectivity index (χ1n) is 10.2. The molecule has 0 radical (unpaired) electrons. The summed E-state index contributed by atoms with van der Waals surface area (Å²) in [5, 5.41) is 12.1. The van der Waals surface area contributed by atoms with Gasteiger partial charge in [0, 0.05) is 18.0 Å². The number of nitrogens with zero attached hydrogens (tertiary/aromatic N) is 1. The van der Waals surface area contributed by atoms with Crippen LogP contribution in [-0.2, 0) is 0 Å². The maximum absolute atomic E-state index is 12.9. The Kier molecular flexibility index (Phi) is 6.50. The monoisotopic (exact) mass is 478 g/mol. The number of ether oxygens (including phenoxy) is 1. The summed E-state index contributed by atoms with van der Waals surface area (Å²) in [5.74, 6) is -2.30. The molecule has 0 unspecified atom stereocenters. The minimum Gasteiger partial charge on any atom is -0.478 e. The number of aromatic nitrogens is 1. The molecule has 3 aromatic carbocycles. The van der Waals surface area contributed by atoms with Crippen molar-refractivity contribution < 1.29 is 32.6 Å². The molecule has 4 rings (SSSR count). The molecule has 35 heavy (non-hydrogen) atoms. The van der Waals surface area contributed by atoms with Crippen LogP contribution in [0, 0.1) is 0 Å². The fourth-order valence-corrected chi connectivity index (χ4v) is 3.43. The molecule has 0 spiro atoms. The summed E-state index contributed by atoms with van der Waals surface area (Å²) < 4.78 is 41.7. The fraction of sp³-hybridized carbons (Fsp3) is 0.0385. The van der Waals surface area contributed by atoms with Gasteiger partial charge in [-0.25, -0.2) is 4.79 Å². The van der Waals surface area contributed by atoms with Crippen LogP contribution in [0.3, 0.4) is 0 Å². The van der Waals surface area contributed by atoms with E-state index in [4.69, 9.17) is 0 Å². The lowest BCUT2D eigenvalue weighted by Gasteiger charge is -2.13. The van der Waals surface area contributed by atoms with E-state index in [-0.39, 0.29) is 16.8 Å². The van der Waals surface area contributed by atoms with Gasteiger partial charge in [-0.3, -0.25) is 9.78 Å². The van der Waals surface area contributed by atoms with Crippen LogP contribution in [0.2, 0.25) is 0 Å². The highest BCUT2D eigenvalue weighted by Gasteiger charge is 2.31. The molecule has 176 valence electrons. The predicted octanol–water partition coefficient (Wildman–Crippen LogP) is 6.26. The van der Waals surface area contributed by atoms with E-state index in [9.17, 15) is 27.9 Å². The Labute approximate surface area is 197 Å². The van der Waals surface area contributed by atoms with Gasteiger partial charge in [0.05, 0.1) is 16.8 Å². The smallest absolute Gasteiger partial charge is 0.478 e. The minimum absolute atomic E-state index is 0.0211. The van der Waals surface area contributed by atoms with Gasteiger partial charge in [0.1, 0.15) is 5.75 Å². The second kappa shape index (κ2) is 9.68. The lowest BCUT2D eigenvalue weighted by molar-refractivity contribution is -0.274. The van der Waals surface area contributed by atoms with Crippen molar-refractivity contribution >= 4 is 17.6 Å². The summed E-state index contributed by atoms with van der Waals surface area (Å²) in [6, 6.07) is 20.2. The van der Waals surface area contributed by atoms with E-state index >= 15 is 0 Å². The molecule has 9 heteroatoms. The Hall–Kier alpha value is -4.66. The number of anilines is 1. The van der Waals surface area contributed by atoms with Gasteiger partial charge < -0.3 is 15.2 Å². The largest absolute Gasteiger partial charge is 0.573 e. The lowest BCUT2D eigenvalue weighted by Crippen LogP contribution is -2.17. The average molecular weight is 478 g/mol. The first-order chi connectivity index (χ1) is 16.7. The van der Waals surface area contributed by atoms with Crippen molar-refractivity contribution in [3.05, 3.63) is 102 Å². The molecule has 0 saturated heterocycles. The SMILES string of the molecule is O=C(Nc1cc(-c2cccc(OC(F)(F)F)c2)ccc1C(=O)O)c1cncc(-c2ccccc2)c1. The summed E-state index contributed by atoms with van der Waals surface area (Å²) >= 11 is 0.